The van der Waals surface area contributed by atoms with Gasteiger partial charge in [-0.1, -0.05) is 61.5 Å². The number of alkyl carbamates (subject to hydrolysis) is 1. The van der Waals surface area contributed by atoms with E-state index < -0.39 is 87.5 Å². The zero-order valence-corrected chi connectivity index (χ0v) is 29.5. The third-order valence-corrected chi connectivity index (χ3v) is 11.1. The lowest BCUT2D eigenvalue weighted by Gasteiger charge is -2.53. The number of nitrogens with one attached hydrogen (secondary N) is 2. The number of ketones is 2. The van der Waals surface area contributed by atoms with E-state index in [4.69, 9.17) is 22.7 Å². The van der Waals surface area contributed by atoms with Crippen LogP contribution in [0.15, 0.2) is 83.3 Å². The minimum absolute atomic E-state index is 0.0198. The predicted octanol–water partition coefficient (Wildman–Crippen LogP) is 2.89. The van der Waals surface area contributed by atoms with Crippen LogP contribution in [0.4, 0.5) is 10.5 Å². The van der Waals surface area contributed by atoms with E-state index in [9.17, 15) is 44.7 Å². The summed E-state index contributed by atoms with van der Waals surface area (Å²) in [5.41, 5.74) is 4.80. The quantitative estimate of drug-likeness (QED) is 0.107. The molecule has 0 spiro atoms. The molecule has 53 heavy (non-hydrogen) atoms. The van der Waals surface area contributed by atoms with Crippen LogP contribution >= 0.6 is 12.2 Å². The molecule has 4 aliphatic rings. The number of aliphatic hydroxyl groups is 4. The van der Waals surface area contributed by atoms with Crippen molar-refractivity contribution >= 4 is 46.6 Å². The lowest BCUT2D eigenvalue weighted by atomic mass is 9.55. The first-order valence-corrected chi connectivity index (χ1v) is 17.1. The second kappa shape index (κ2) is 12.8. The Bertz CT molecular complexity index is 2170. The molecular formula is C38H36N4O10S. The van der Waals surface area contributed by atoms with E-state index >= 15 is 0 Å². The molecule has 9 N–H and O–H groups in total. The molecule has 0 unspecified atom stereocenters. The summed E-state index contributed by atoms with van der Waals surface area (Å²) in [7, 11) is 2.92. The average Bonchev–Trinajstić information content (AvgIpc) is 3.43. The number of fused-ring (bicyclic) bond motifs is 6. The van der Waals surface area contributed by atoms with Gasteiger partial charge in [0.1, 0.15) is 23.7 Å². The van der Waals surface area contributed by atoms with E-state index in [1.807, 2.05) is 48.5 Å². The van der Waals surface area contributed by atoms with Crippen molar-refractivity contribution in [3.63, 3.8) is 0 Å². The summed E-state index contributed by atoms with van der Waals surface area (Å²) in [5.74, 6) is -10.3. The smallest absolute Gasteiger partial charge is 0.413 e. The number of aliphatic hydroxyl groups excluding tert-OH is 3. The van der Waals surface area contributed by atoms with Gasteiger partial charge in [-0.15, -0.1) is 0 Å². The van der Waals surface area contributed by atoms with Crippen LogP contribution in [-0.2, 0) is 14.3 Å². The second-order valence-electron chi connectivity index (χ2n) is 13.9. The lowest BCUT2D eigenvalue weighted by Crippen LogP contribution is -2.68. The highest BCUT2D eigenvalue weighted by atomic mass is 32.1. The number of aromatic hydroxyl groups is 1. The summed E-state index contributed by atoms with van der Waals surface area (Å²) in [6.45, 7) is 1.64. The fourth-order valence-electron chi connectivity index (χ4n) is 8.60. The number of phenols is 1. The summed E-state index contributed by atoms with van der Waals surface area (Å²) in [5, 5.41) is 62.4. The molecular weight excluding hydrogens is 705 g/mol. The topological polar surface area (TPSA) is 232 Å². The Balaban J connectivity index is 1.14. The fraction of sp³-hybridized carbons (Fsp3) is 0.289. The predicted molar refractivity (Wildman–Crippen MR) is 194 cm³/mol. The van der Waals surface area contributed by atoms with Crippen molar-refractivity contribution in [3.8, 4) is 16.9 Å². The molecule has 0 bridgehead atoms. The summed E-state index contributed by atoms with van der Waals surface area (Å²) in [6, 6.07) is 17.2. The van der Waals surface area contributed by atoms with Gasteiger partial charge in [-0.05, 0) is 66.1 Å². The molecule has 274 valence electrons. The van der Waals surface area contributed by atoms with E-state index in [1.165, 1.54) is 31.1 Å². The van der Waals surface area contributed by atoms with Crippen LogP contribution in [0, 0.1) is 11.8 Å². The minimum Gasteiger partial charge on any atom is -0.510 e. The van der Waals surface area contributed by atoms with Crippen LogP contribution in [0.5, 0.6) is 5.75 Å². The number of ether oxygens (including phenoxy) is 1. The monoisotopic (exact) mass is 740 g/mol. The summed E-state index contributed by atoms with van der Waals surface area (Å²) < 4.78 is 5.54. The molecule has 0 aromatic heterocycles. The maximum atomic E-state index is 14.2. The summed E-state index contributed by atoms with van der Waals surface area (Å²) in [6.07, 6.45) is -2.59. The molecule has 0 radical (unpaired) electrons. The van der Waals surface area contributed by atoms with Crippen LogP contribution in [0.2, 0.25) is 0 Å². The number of likely N-dealkylation sites (N-methyl/N-ethyl adjacent to an activating group) is 1. The normalized spacial score (nSPS) is 26.0. The van der Waals surface area contributed by atoms with Gasteiger partial charge in [0.15, 0.2) is 22.2 Å². The van der Waals surface area contributed by atoms with Crippen LogP contribution in [0.3, 0.4) is 0 Å². The summed E-state index contributed by atoms with van der Waals surface area (Å²) in [4.78, 5) is 54.2. The van der Waals surface area contributed by atoms with Gasteiger partial charge in [0.05, 0.1) is 29.3 Å². The molecule has 0 heterocycles. The van der Waals surface area contributed by atoms with E-state index in [0.29, 0.717) is 0 Å². The Morgan fingerprint density at radius 2 is 1.57 bits per heavy atom. The number of hydrogen-bond donors (Lipinski definition) is 8. The molecule has 0 fully saturated rings. The number of rotatable bonds is 5. The number of benzene rings is 3. The first-order valence-electron chi connectivity index (χ1n) is 16.7. The average molecular weight is 741 g/mol. The van der Waals surface area contributed by atoms with Crippen LogP contribution < -0.4 is 16.4 Å². The number of amides is 2. The lowest BCUT2D eigenvalue weighted by molar-refractivity contribution is -0.162. The van der Waals surface area contributed by atoms with Gasteiger partial charge >= 0.3 is 6.09 Å². The van der Waals surface area contributed by atoms with Crippen molar-refractivity contribution in [2.45, 2.75) is 36.5 Å². The maximum absolute atomic E-state index is 14.2. The van der Waals surface area contributed by atoms with Crippen LogP contribution in [-0.4, -0.2) is 97.6 Å². The third kappa shape index (κ3) is 5.22. The Morgan fingerprint density at radius 3 is 2.15 bits per heavy atom. The highest BCUT2D eigenvalue weighted by molar-refractivity contribution is 7.80. The number of thiocarbonyl (C=S) groups is 1. The van der Waals surface area contributed by atoms with Gasteiger partial charge < -0.3 is 41.3 Å². The van der Waals surface area contributed by atoms with E-state index in [0.717, 1.165) is 22.3 Å². The molecule has 15 heteroatoms. The van der Waals surface area contributed by atoms with Gasteiger partial charge in [-0.3, -0.25) is 24.6 Å². The molecule has 3 aromatic carbocycles. The molecule has 0 aliphatic heterocycles. The number of nitrogens with zero attached hydrogens (tertiary/aromatic N) is 1. The Morgan fingerprint density at radius 1 is 0.962 bits per heavy atom. The minimum atomic E-state index is -3.04. The Labute approximate surface area is 308 Å². The second-order valence-corrected chi connectivity index (χ2v) is 14.3. The molecule has 0 saturated heterocycles. The van der Waals surface area contributed by atoms with Gasteiger partial charge in [0, 0.05) is 17.4 Å². The molecule has 4 aliphatic carbocycles. The molecule has 14 nitrogen and oxygen atoms in total. The molecule has 2 amide bonds. The Hall–Kier alpha value is -5.61. The number of hydrogen-bond acceptors (Lipinski definition) is 12. The number of primary amides is 1. The molecule has 3 aromatic rings. The van der Waals surface area contributed by atoms with Crippen molar-refractivity contribution in [1.29, 1.82) is 0 Å². The third-order valence-electron chi connectivity index (χ3n) is 10.9. The number of carbonyl (C=O) groups excluding carboxylic acids is 4. The van der Waals surface area contributed by atoms with Gasteiger partial charge in [0.25, 0.3) is 5.91 Å². The molecule has 7 rings (SSSR count). The fourth-order valence-corrected chi connectivity index (χ4v) is 8.80. The van der Waals surface area contributed by atoms with E-state index in [-0.39, 0.29) is 34.5 Å². The van der Waals surface area contributed by atoms with Gasteiger partial charge in [-0.2, -0.15) is 0 Å². The number of anilines is 1. The first-order chi connectivity index (χ1) is 25.1. The van der Waals surface area contributed by atoms with E-state index in [1.54, 1.807) is 6.92 Å². The number of carbonyl (C=O) groups is 4. The molecule has 0 saturated carbocycles. The Kier molecular flexibility index (Phi) is 8.64. The van der Waals surface area contributed by atoms with Crippen LogP contribution in [0.25, 0.3) is 11.1 Å². The molecule has 6 atom stereocenters. The zero-order valence-electron chi connectivity index (χ0n) is 28.7. The van der Waals surface area contributed by atoms with Crippen molar-refractivity contribution in [1.82, 2.24) is 10.2 Å². The van der Waals surface area contributed by atoms with Crippen molar-refractivity contribution in [2.75, 3.05) is 26.0 Å². The number of phenolic OH excluding ortho intramolecular Hbond substituents is 1. The SMILES string of the molecule is C[C@H]1c2ccc(NC(=S)NC(=O)OCC3c4ccccc4-c4ccccc43)c(O)c2C(=O)C2=C(O)[C@]3(O)C(=O)C(C(N)=O)=C(O)[C@@H](N(C)C)[C@@H]3[C@@H](O)[C@@H]21. The maximum Gasteiger partial charge on any atom is 0.413 e. The largest absolute Gasteiger partial charge is 0.510 e. The highest BCUT2D eigenvalue weighted by Crippen LogP contribution is 2.56. The summed E-state index contributed by atoms with van der Waals surface area (Å²) >= 11 is 5.31. The van der Waals surface area contributed by atoms with Crippen molar-refractivity contribution in [2.24, 2.45) is 17.6 Å². The van der Waals surface area contributed by atoms with Gasteiger partial charge in [-0.25, -0.2) is 4.79 Å². The van der Waals surface area contributed by atoms with Gasteiger partial charge in [0.2, 0.25) is 5.78 Å². The number of Topliss-reactive ketones (excluding diaryl/α,β-unsaturated/α-hetero) is 2. The van der Waals surface area contributed by atoms with Crippen molar-refractivity contribution in [3.05, 3.63) is 106 Å². The number of nitrogens with two attached hydrogens (primary N) is 1. The van der Waals surface area contributed by atoms with E-state index in [2.05, 4.69) is 10.6 Å². The van der Waals surface area contributed by atoms with Crippen LogP contribution in [0.1, 0.15) is 45.8 Å². The standard InChI is InChI=1S/C38H36N4O10S/c1-15-16-12-13-22(40-36(53)41-37(50)52-14-21-19-10-6-4-8-17(19)18-9-5-7-11-20(18)21)29(43)24(16)30(44)25-23(15)31(45)27-28(42(2)3)32(46)26(35(39)49)34(48)38(27,51)33(25)47/h4-13,15,21,23,27-28,31,43,45-47,51H,14H2,1-3H3,(H2,39,49)(H2,40,41,50,53)/t15-,23+,27+,28-,31-,38-/m0/s1. The zero-order chi connectivity index (χ0) is 38.3. The highest BCUT2D eigenvalue weighted by Gasteiger charge is 2.67. The first kappa shape index (κ1) is 35.8. The van der Waals surface area contributed by atoms with Crippen molar-refractivity contribution < 1.29 is 49.4 Å².